The second-order valence-corrected chi connectivity index (χ2v) is 4.76. The van der Waals surface area contributed by atoms with Gasteiger partial charge in [-0.05, 0) is 17.7 Å². The Balaban J connectivity index is 3.05. The van der Waals surface area contributed by atoms with Crippen molar-refractivity contribution in [2.24, 2.45) is 0 Å². The van der Waals surface area contributed by atoms with Crippen LogP contribution in [-0.2, 0) is 20.7 Å². The number of halogens is 2. The first-order valence-corrected chi connectivity index (χ1v) is 6.05. The summed E-state index contributed by atoms with van der Waals surface area (Å²) in [5.41, 5.74) is 0.268. The Bertz CT molecular complexity index is 512. The molecule has 4 nitrogen and oxygen atoms in total. The van der Waals surface area contributed by atoms with Crippen LogP contribution in [0.15, 0.2) is 18.2 Å². The highest BCUT2D eigenvalue weighted by atomic mass is 35.5. The van der Waals surface area contributed by atoms with Gasteiger partial charge in [0.1, 0.15) is 5.75 Å². The average Bonchev–Trinajstić information content (AvgIpc) is 2.14. The lowest BCUT2D eigenvalue weighted by molar-refractivity contribution is 0.0601. The molecule has 0 atom stereocenters. The van der Waals surface area contributed by atoms with Crippen molar-refractivity contribution in [1.29, 1.82) is 0 Å². The van der Waals surface area contributed by atoms with Crippen LogP contribution in [0.25, 0.3) is 0 Å². The van der Waals surface area contributed by atoms with Crippen molar-refractivity contribution >= 4 is 27.8 Å². The lowest BCUT2D eigenvalue weighted by Gasteiger charge is -2.03. The van der Waals surface area contributed by atoms with Crippen molar-refractivity contribution in [3.8, 4) is 0 Å². The Labute approximate surface area is 97.2 Å². The van der Waals surface area contributed by atoms with E-state index < -0.39 is 21.9 Å². The maximum Gasteiger partial charge on any atom is 0.339 e. The van der Waals surface area contributed by atoms with Gasteiger partial charge in [0.15, 0.2) is 0 Å². The van der Waals surface area contributed by atoms with Gasteiger partial charge < -0.3 is 4.74 Å². The maximum atomic E-state index is 12.4. The zero-order chi connectivity index (χ0) is 12.3. The van der Waals surface area contributed by atoms with Crippen LogP contribution in [0, 0.1) is 0 Å². The molecule has 7 heteroatoms. The van der Waals surface area contributed by atoms with Gasteiger partial charge in [0, 0.05) is 0 Å². The molecule has 0 heterocycles. The molecule has 1 aromatic carbocycles. The first-order valence-electron chi connectivity index (χ1n) is 4.12. The van der Waals surface area contributed by atoms with Crippen LogP contribution in [0.1, 0.15) is 15.9 Å². The Kier molecular flexibility index (Phi) is 3.88. The predicted molar refractivity (Wildman–Crippen MR) is 56.5 cm³/mol. The molecule has 0 aromatic heterocycles. The number of rotatable bonds is 3. The van der Waals surface area contributed by atoms with Crippen molar-refractivity contribution in [2.45, 2.75) is 5.75 Å². The summed E-state index contributed by atoms with van der Waals surface area (Å²) in [6, 6.07) is 3.80. The van der Waals surface area contributed by atoms with Crippen LogP contribution in [0.4, 0.5) is 3.89 Å². The molecular formula is C9H8ClFO4S. The number of hydrogen-bond acceptors (Lipinski definition) is 4. The van der Waals surface area contributed by atoms with E-state index in [1.807, 2.05) is 0 Å². The van der Waals surface area contributed by atoms with E-state index in [4.69, 9.17) is 11.6 Å². The molecule has 1 aromatic rings. The fourth-order valence-corrected chi connectivity index (χ4v) is 1.98. The number of methoxy groups -OCH3 is 1. The summed E-state index contributed by atoms with van der Waals surface area (Å²) in [6.07, 6.45) is 0. The lowest BCUT2D eigenvalue weighted by Crippen LogP contribution is -2.03. The van der Waals surface area contributed by atoms with Gasteiger partial charge in [-0.3, -0.25) is 0 Å². The Morgan fingerprint density at radius 2 is 2.12 bits per heavy atom. The first-order chi connectivity index (χ1) is 7.33. The second-order valence-electron chi connectivity index (χ2n) is 2.99. The van der Waals surface area contributed by atoms with Crippen molar-refractivity contribution in [1.82, 2.24) is 0 Å². The number of benzene rings is 1. The van der Waals surface area contributed by atoms with Gasteiger partial charge in [-0.25, -0.2) is 4.79 Å². The minimum Gasteiger partial charge on any atom is -0.465 e. The summed E-state index contributed by atoms with van der Waals surface area (Å²) in [4.78, 5) is 11.1. The summed E-state index contributed by atoms with van der Waals surface area (Å²) < 4.78 is 37.6. The molecule has 0 saturated heterocycles. The van der Waals surface area contributed by atoms with E-state index in [0.29, 0.717) is 0 Å². The third kappa shape index (κ3) is 3.46. The summed E-state index contributed by atoms with van der Waals surface area (Å²) in [5, 5.41) is 0.0213. The summed E-state index contributed by atoms with van der Waals surface area (Å²) in [7, 11) is -3.41. The second kappa shape index (κ2) is 4.80. The van der Waals surface area contributed by atoms with Gasteiger partial charge in [0.25, 0.3) is 0 Å². The highest BCUT2D eigenvalue weighted by molar-refractivity contribution is 7.85. The average molecular weight is 267 g/mol. The van der Waals surface area contributed by atoms with E-state index in [-0.39, 0.29) is 16.1 Å². The van der Waals surface area contributed by atoms with Crippen LogP contribution >= 0.6 is 11.6 Å². The molecule has 0 aliphatic heterocycles. The Morgan fingerprint density at radius 1 is 1.50 bits per heavy atom. The molecule has 0 bridgehead atoms. The number of ether oxygens (including phenoxy) is 1. The molecular weight excluding hydrogens is 259 g/mol. The SMILES string of the molecule is COC(=O)c1ccc(CS(=O)(=O)F)cc1Cl. The van der Waals surface area contributed by atoms with Gasteiger partial charge in [-0.15, -0.1) is 3.89 Å². The van der Waals surface area contributed by atoms with E-state index in [1.165, 1.54) is 25.3 Å². The fourth-order valence-electron chi connectivity index (χ4n) is 1.12. The van der Waals surface area contributed by atoms with Crippen molar-refractivity contribution in [3.05, 3.63) is 34.3 Å². The molecule has 0 aliphatic carbocycles. The fraction of sp³-hybridized carbons (Fsp3) is 0.222. The first kappa shape index (κ1) is 12.9. The molecule has 0 spiro atoms. The largest absolute Gasteiger partial charge is 0.465 e. The molecule has 0 saturated carbocycles. The van der Waals surface area contributed by atoms with Gasteiger partial charge in [0.2, 0.25) is 0 Å². The lowest BCUT2D eigenvalue weighted by atomic mass is 10.1. The third-order valence-corrected chi connectivity index (χ3v) is 2.77. The minimum absolute atomic E-state index is 0.0213. The summed E-state index contributed by atoms with van der Waals surface area (Å²) in [5.74, 6) is -1.41. The van der Waals surface area contributed by atoms with E-state index >= 15 is 0 Å². The molecule has 88 valence electrons. The highest BCUT2D eigenvalue weighted by Crippen LogP contribution is 2.20. The quantitative estimate of drug-likeness (QED) is 0.619. The normalized spacial score (nSPS) is 11.2. The van der Waals surface area contributed by atoms with Crippen LogP contribution < -0.4 is 0 Å². The highest BCUT2D eigenvalue weighted by Gasteiger charge is 2.14. The molecule has 16 heavy (non-hydrogen) atoms. The molecule has 0 unspecified atom stereocenters. The van der Waals surface area contributed by atoms with Gasteiger partial charge >= 0.3 is 16.2 Å². The van der Waals surface area contributed by atoms with Gasteiger partial charge in [0.05, 0.1) is 17.7 Å². The van der Waals surface area contributed by atoms with E-state index in [0.717, 1.165) is 0 Å². The Morgan fingerprint density at radius 3 is 2.56 bits per heavy atom. The topological polar surface area (TPSA) is 60.4 Å². The molecule has 0 radical (unpaired) electrons. The molecule has 0 amide bonds. The van der Waals surface area contributed by atoms with E-state index in [1.54, 1.807) is 0 Å². The van der Waals surface area contributed by atoms with Crippen molar-refractivity contribution in [3.63, 3.8) is 0 Å². The zero-order valence-corrected chi connectivity index (χ0v) is 9.81. The van der Waals surface area contributed by atoms with E-state index in [2.05, 4.69) is 4.74 Å². The van der Waals surface area contributed by atoms with Gasteiger partial charge in [-0.2, -0.15) is 8.42 Å². The third-order valence-electron chi connectivity index (χ3n) is 1.78. The standard InChI is InChI=1S/C9H8ClFO4S/c1-15-9(12)7-3-2-6(4-8(7)10)5-16(11,13)14/h2-4H,5H2,1H3. The number of carbonyl (C=O) groups excluding carboxylic acids is 1. The number of hydrogen-bond donors (Lipinski definition) is 0. The van der Waals surface area contributed by atoms with Crippen LogP contribution in [0.5, 0.6) is 0 Å². The molecule has 0 fully saturated rings. The number of esters is 1. The predicted octanol–water partition coefficient (Wildman–Crippen LogP) is 1.93. The van der Waals surface area contributed by atoms with Crippen molar-refractivity contribution < 1.29 is 21.8 Å². The Hall–Kier alpha value is -1.14. The molecule has 1 rings (SSSR count). The molecule has 0 N–H and O–H groups in total. The molecule has 0 aliphatic rings. The monoisotopic (exact) mass is 266 g/mol. The summed E-state index contributed by atoms with van der Waals surface area (Å²) in [6.45, 7) is 0. The van der Waals surface area contributed by atoms with Crippen LogP contribution in [0.2, 0.25) is 5.02 Å². The summed E-state index contributed by atoms with van der Waals surface area (Å²) >= 11 is 5.71. The van der Waals surface area contributed by atoms with Gasteiger partial charge in [-0.1, -0.05) is 17.7 Å². The van der Waals surface area contributed by atoms with Crippen molar-refractivity contribution in [2.75, 3.05) is 7.11 Å². The van der Waals surface area contributed by atoms with E-state index in [9.17, 15) is 17.1 Å². The minimum atomic E-state index is -4.61. The smallest absolute Gasteiger partial charge is 0.339 e. The van der Waals surface area contributed by atoms with Crippen LogP contribution in [0.3, 0.4) is 0 Å². The number of carbonyl (C=O) groups is 1. The maximum absolute atomic E-state index is 12.4. The zero-order valence-electron chi connectivity index (χ0n) is 8.24. The van der Waals surface area contributed by atoms with Crippen LogP contribution in [-0.4, -0.2) is 21.5 Å².